The van der Waals surface area contributed by atoms with Crippen LogP contribution < -0.4 is 0 Å². The van der Waals surface area contributed by atoms with Crippen molar-refractivity contribution in [2.45, 2.75) is 57.5 Å². The van der Waals surface area contributed by atoms with E-state index in [0.29, 0.717) is 23.2 Å². The Morgan fingerprint density at radius 3 is 2.54 bits per heavy atom. The number of aliphatic hydroxyl groups is 1. The van der Waals surface area contributed by atoms with Gasteiger partial charge in [0.1, 0.15) is 5.58 Å². The van der Waals surface area contributed by atoms with Crippen molar-refractivity contribution in [1.29, 1.82) is 0 Å². The average molecular weight is 475 g/mol. The summed E-state index contributed by atoms with van der Waals surface area (Å²) in [4.78, 5) is 17.7. The third kappa shape index (κ3) is 5.31. The molecule has 0 bridgehead atoms. The monoisotopic (exact) mass is 474 g/mol. The maximum Gasteiger partial charge on any atom is 0.289 e. The predicted molar refractivity (Wildman–Crippen MR) is 140 cm³/mol. The lowest BCUT2D eigenvalue weighted by Gasteiger charge is -2.39. The van der Waals surface area contributed by atoms with Crippen molar-refractivity contribution < 1.29 is 14.3 Å². The van der Waals surface area contributed by atoms with E-state index in [9.17, 15) is 9.90 Å². The van der Waals surface area contributed by atoms with Gasteiger partial charge >= 0.3 is 0 Å². The van der Waals surface area contributed by atoms with Crippen LogP contribution in [0.3, 0.4) is 0 Å². The van der Waals surface area contributed by atoms with Gasteiger partial charge < -0.3 is 19.3 Å². The molecule has 186 valence electrons. The summed E-state index contributed by atoms with van der Waals surface area (Å²) in [6, 6.07) is 18.4. The Morgan fingerprint density at radius 2 is 1.80 bits per heavy atom. The van der Waals surface area contributed by atoms with Gasteiger partial charge in [-0.2, -0.15) is 0 Å². The summed E-state index contributed by atoms with van der Waals surface area (Å²) in [5.74, 6) is 1.50. The van der Waals surface area contributed by atoms with E-state index in [1.807, 2.05) is 29.2 Å². The molecule has 5 rings (SSSR count). The van der Waals surface area contributed by atoms with Gasteiger partial charge in [0.15, 0.2) is 5.76 Å². The van der Waals surface area contributed by atoms with Crippen LogP contribution in [0.1, 0.15) is 73.6 Å². The molecule has 35 heavy (non-hydrogen) atoms. The molecule has 2 aromatic carbocycles. The Labute approximate surface area is 208 Å². The van der Waals surface area contributed by atoms with Crippen molar-refractivity contribution in [3.05, 3.63) is 71.5 Å². The first-order valence-corrected chi connectivity index (χ1v) is 13.2. The van der Waals surface area contributed by atoms with Crippen LogP contribution in [0.5, 0.6) is 0 Å². The summed E-state index contributed by atoms with van der Waals surface area (Å²) in [5.41, 5.74) is 2.18. The second kappa shape index (κ2) is 10.2. The number of carbonyl (C=O) groups is 1. The number of benzene rings is 2. The second-order valence-corrected chi connectivity index (χ2v) is 10.9. The van der Waals surface area contributed by atoms with Crippen molar-refractivity contribution in [2.75, 3.05) is 32.7 Å². The average Bonchev–Trinajstić information content (AvgIpc) is 3.14. The molecule has 0 spiro atoms. The molecule has 0 radical (unpaired) electrons. The van der Waals surface area contributed by atoms with E-state index in [1.54, 1.807) is 0 Å². The van der Waals surface area contributed by atoms with E-state index >= 15 is 0 Å². The molecule has 0 unspecified atom stereocenters. The first kappa shape index (κ1) is 24.1. The molecule has 2 aliphatic heterocycles. The SMILES string of the molecule is CC(C)CN1CCC(O)(c2ccc3oc(C(=O)N4CCC[C@H](c5ccccc5)CC4)cc3c2)CC1. The fourth-order valence-corrected chi connectivity index (χ4v) is 5.86. The highest BCUT2D eigenvalue weighted by atomic mass is 16.3. The van der Waals surface area contributed by atoms with Crippen LogP contribution in [0.2, 0.25) is 0 Å². The lowest BCUT2D eigenvalue weighted by Crippen LogP contribution is -2.43. The van der Waals surface area contributed by atoms with Crippen molar-refractivity contribution in [3.63, 3.8) is 0 Å². The molecule has 1 amide bonds. The summed E-state index contributed by atoms with van der Waals surface area (Å²) >= 11 is 0. The molecule has 3 aromatic rings. The van der Waals surface area contributed by atoms with Gasteiger partial charge in [0.25, 0.3) is 5.91 Å². The highest BCUT2D eigenvalue weighted by Gasteiger charge is 2.34. The van der Waals surface area contributed by atoms with Gasteiger partial charge in [0.2, 0.25) is 0 Å². The molecular weight excluding hydrogens is 436 g/mol. The molecule has 5 nitrogen and oxygen atoms in total. The Balaban J connectivity index is 1.27. The minimum absolute atomic E-state index is 0.0304. The topological polar surface area (TPSA) is 56.9 Å². The molecule has 5 heteroatoms. The van der Waals surface area contributed by atoms with E-state index < -0.39 is 5.60 Å². The van der Waals surface area contributed by atoms with Crippen LogP contribution in [-0.2, 0) is 5.60 Å². The summed E-state index contributed by atoms with van der Waals surface area (Å²) in [6.45, 7) is 8.86. The van der Waals surface area contributed by atoms with Gasteiger partial charge in [-0.3, -0.25) is 4.79 Å². The van der Waals surface area contributed by atoms with Gasteiger partial charge in [-0.25, -0.2) is 0 Å². The van der Waals surface area contributed by atoms with Crippen LogP contribution in [0, 0.1) is 5.92 Å². The van der Waals surface area contributed by atoms with Crippen molar-refractivity contribution in [2.24, 2.45) is 5.92 Å². The van der Waals surface area contributed by atoms with Gasteiger partial charge in [0.05, 0.1) is 5.60 Å². The Kier molecular flexibility index (Phi) is 6.99. The molecule has 2 saturated heterocycles. The standard InChI is InChI=1S/C30H38N2O3/c1-22(2)21-31-17-13-30(34,14-18-31)26-10-11-27-25(19-26)20-28(35-27)29(33)32-15-6-9-24(12-16-32)23-7-4-3-5-8-23/h3-5,7-8,10-11,19-20,22,24,34H,6,9,12-18,21H2,1-2H3/t24-/m0/s1. The summed E-state index contributed by atoms with van der Waals surface area (Å²) in [6.07, 6.45) is 4.53. The Bertz CT molecular complexity index is 1140. The molecule has 1 aromatic heterocycles. The maximum atomic E-state index is 13.3. The van der Waals surface area contributed by atoms with Gasteiger partial charge in [-0.15, -0.1) is 0 Å². The van der Waals surface area contributed by atoms with Crippen molar-refractivity contribution in [1.82, 2.24) is 9.80 Å². The number of rotatable bonds is 5. The van der Waals surface area contributed by atoms with Crippen LogP contribution in [0.15, 0.2) is 59.0 Å². The van der Waals surface area contributed by atoms with E-state index in [2.05, 4.69) is 49.1 Å². The highest BCUT2D eigenvalue weighted by Crippen LogP contribution is 2.35. The van der Waals surface area contributed by atoms with Crippen LogP contribution in [-0.4, -0.2) is 53.5 Å². The van der Waals surface area contributed by atoms with Crippen molar-refractivity contribution in [3.8, 4) is 0 Å². The van der Waals surface area contributed by atoms with Crippen LogP contribution in [0.4, 0.5) is 0 Å². The van der Waals surface area contributed by atoms with E-state index in [4.69, 9.17) is 4.42 Å². The summed E-state index contributed by atoms with van der Waals surface area (Å²) in [5, 5.41) is 12.3. The number of nitrogens with zero attached hydrogens (tertiary/aromatic N) is 2. The first-order chi connectivity index (χ1) is 16.9. The summed E-state index contributed by atoms with van der Waals surface area (Å²) in [7, 11) is 0. The minimum atomic E-state index is -0.819. The second-order valence-electron chi connectivity index (χ2n) is 10.9. The highest BCUT2D eigenvalue weighted by molar-refractivity contribution is 5.96. The molecule has 3 heterocycles. The number of hydrogen-bond acceptors (Lipinski definition) is 4. The number of amides is 1. The molecule has 0 aliphatic carbocycles. The third-order valence-corrected chi connectivity index (χ3v) is 7.86. The quantitative estimate of drug-likeness (QED) is 0.509. The molecule has 2 fully saturated rings. The fraction of sp³-hybridized carbons (Fsp3) is 0.500. The zero-order valence-electron chi connectivity index (χ0n) is 21.1. The Morgan fingerprint density at radius 1 is 1.03 bits per heavy atom. The predicted octanol–water partition coefficient (Wildman–Crippen LogP) is 5.78. The zero-order valence-corrected chi connectivity index (χ0v) is 21.1. The zero-order chi connectivity index (χ0) is 24.4. The molecule has 1 atom stereocenters. The number of likely N-dealkylation sites (tertiary alicyclic amines) is 2. The lowest BCUT2D eigenvalue weighted by molar-refractivity contribution is -0.0278. The third-order valence-electron chi connectivity index (χ3n) is 7.86. The van der Waals surface area contributed by atoms with Gasteiger partial charge in [-0.05, 0) is 73.3 Å². The number of piperidine rings is 1. The minimum Gasteiger partial charge on any atom is -0.451 e. The Hall–Kier alpha value is -2.63. The molecule has 0 saturated carbocycles. The number of fused-ring (bicyclic) bond motifs is 1. The first-order valence-electron chi connectivity index (χ1n) is 13.2. The van der Waals surface area contributed by atoms with Gasteiger partial charge in [-0.1, -0.05) is 50.2 Å². The number of hydrogen-bond donors (Lipinski definition) is 1. The molecule has 1 N–H and O–H groups in total. The normalized spacial score (nSPS) is 21.4. The summed E-state index contributed by atoms with van der Waals surface area (Å²) < 4.78 is 5.99. The fourth-order valence-electron chi connectivity index (χ4n) is 5.86. The van der Waals surface area contributed by atoms with E-state index in [-0.39, 0.29) is 5.91 Å². The number of carbonyl (C=O) groups excluding carboxylic acids is 1. The van der Waals surface area contributed by atoms with Gasteiger partial charge in [0, 0.05) is 38.1 Å². The lowest BCUT2D eigenvalue weighted by atomic mass is 9.84. The van der Waals surface area contributed by atoms with Crippen LogP contribution >= 0.6 is 0 Å². The number of furan rings is 1. The maximum absolute atomic E-state index is 13.3. The molecule has 2 aliphatic rings. The van der Waals surface area contributed by atoms with Crippen LogP contribution in [0.25, 0.3) is 11.0 Å². The largest absolute Gasteiger partial charge is 0.451 e. The van der Waals surface area contributed by atoms with E-state index in [1.165, 1.54) is 5.56 Å². The van der Waals surface area contributed by atoms with E-state index in [0.717, 1.165) is 75.8 Å². The molecular formula is C30H38N2O3. The smallest absolute Gasteiger partial charge is 0.289 e. The van der Waals surface area contributed by atoms with Crippen molar-refractivity contribution >= 4 is 16.9 Å².